The summed E-state index contributed by atoms with van der Waals surface area (Å²) >= 11 is 3.49. The van der Waals surface area contributed by atoms with Gasteiger partial charge in [-0.05, 0) is 60.4 Å². The van der Waals surface area contributed by atoms with E-state index in [0.29, 0.717) is 0 Å². The third-order valence-corrected chi connectivity index (χ3v) is 9.91. The number of amides is 2. The third-order valence-electron chi connectivity index (χ3n) is 7.60. The van der Waals surface area contributed by atoms with E-state index in [1.165, 1.54) is 31.1 Å². The van der Waals surface area contributed by atoms with Crippen LogP contribution in [0.3, 0.4) is 0 Å². The Bertz CT molecular complexity index is 1480. The summed E-state index contributed by atoms with van der Waals surface area (Å²) in [7, 11) is -1.42. The zero-order chi connectivity index (χ0) is 31.0. The Morgan fingerprint density at radius 2 is 1.58 bits per heavy atom. The Hall–Kier alpha value is -3.28. The number of anilines is 1. The quantitative estimate of drug-likeness (QED) is 0.283. The average molecular weight is 674 g/mol. The van der Waals surface area contributed by atoms with E-state index in [9.17, 15) is 22.4 Å². The highest BCUT2D eigenvalue weighted by atomic mass is 79.9. The molecule has 0 bridgehead atoms. The lowest BCUT2D eigenvalue weighted by atomic mass is 9.94. The van der Waals surface area contributed by atoms with Gasteiger partial charge in [-0.15, -0.1) is 0 Å². The first-order chi connectivity index (χ1) is 20.5. The zero-order valence-electron chi connectivity index (χ0n) is 24.5. The highest BCUT2D eigenvalue weighted by molar-refractivity contribution is 9.10. The van der Waals surface area contributed by atoms with Gasteiger partial charge in [0.25, 0.3) is 0 Å². The van der Waals surface area contributed by atoms with Crippen molar-refractivity contribution < 1.29 is 22.4 Å². The summed E-state index contributed by atoms with van der Waals surface area (Å²) in [5.74, 6) is -1.37. The molecule has 4 rings (SSSR count). The van der Waals surface area contributed by atoms with Gasteiger partial charge < -0.3 is 10.2 Å². The SMILES string of the molecule is CN(C)S(=O)(=O)N(CC(=O)N(Cc1cccc(Br)c1)C(Cc1ccccc1)C(=O)NC1CCCCC1)c1ccc(F)cc1. The van der Waals surface area contributed by atoms with E-state index in [-0.39, 0.29) is 30.6 Å². The number of hydrogen-bond acceptors (Lipinski definition) is 4. The summed E-state index contributed by atoms with van der Waals surface area (Å²) in [5, 5.41) is 3.19. The second-order valence-electron chi connectivity index (χ2n) is 11.0. The molecule has 0 saturated heterocycles. The Labute approximate surface area is 262 Å². The van der Waals surface area contributed by atoms with Gasteiger partial charge in [0.15, 0.2) is 0 Å². The Kier molecular flexibility index (Phi) is 11.3. The van der Waals surface area contributed by atoms with Gasteiger partial charge in [0.05, 0.1) is 5.69 Å². The van der Waals surface area contributed by atoms with Crippen LogP contribution in [0, 0.1) is 5.82 Å². The summed E-state index contributed by atoms with van der Waals surface area (Å²) in [4.78, 5) is 29.8. The molecule has 0 radical (unpaired) electrons. The fraction of sp³-hybridized carbons (Fsp3) is 0.375. The first-order valence-electron chi connectivity index (χ1n) is 14.4. The lowest BCUT2D eigenvalue weighted by molar-refractivity contribution is -0.140. The predicted octanol–water partition coefficient (Wildman–Crippen LogP) is 5.29. The third kappa shape index (κ3) is 8.87. The fourth-order valence-corrected chi connectivity index (χ4v) is 6.76. The molecule has 3 aromatic carbocycles. The Balaban J connectivity index is 1.75. The van der Waals surface area contributed by atoms with E-state index in [0.717, 1.165) is 68.4 Å². The monoisotopic (exact) mass is 672 g/mol. The molecule has 1 aliphatic carbocycles. The van der Waals surface area contributed by atoms with Crippen LogP contribution in [0.5, 0.6) is 0 Å². The van der Waals surface area contributed by atoms with Crippen LogP contribution in [-0.2, 0) is 32.8 Å². The van der Waals surface area contributed by atoms with Crippen LogP contribution in [0.25, 0.3) is 0 Å². The van der Waals surface area contributed by atoms with Gasteiger partial charge in [0, 0.05) is 37.6 Å². The number of benzene rings is 3. The molecule has 1 saturated carbocycles. The highest BCUT2D eigenvalue weighted by Crippen LogP contribution is 2.24. The molecule has 11 heteroatoms. The summed E-state index contributed by atoms with van der Waals surface area (Å²) < 4.78 is 43.4. The zero-order valence-corrected chi connectivity index (χ0v) is 26.9. The fourth-order valence-electron chi connectivity index (χ4n) is 5.25. The van der Waals surface area contributed by atoms with Crippen molar-refractivity contribution in [3.63, 3.8) is 0 Å². The van der Waals surface area contributed by atoms with Gasteiger partial charge >= 0.3 is 10.2 Å². The molecule has 3 aromatic rings. The van der Waals surface area contributed by atoms with E-state index >= 15 is 0 Å². The van der Waals surface area contributed by atoms with E-state index < -0.39 is 34.5 Å². The number of nitrogens with zero attached hydrogens (tertiary/aromatic N) is 3. The lowest BCUT2D eigenvalue weighted by Crippen LogP contribution is -2.55. The van der Waals surface area contributed by atoms with Crippen LogP contribution in [-0.4, -0.2) is 62.2 Å². The maximum Gasteiger partial charge on any atom is 0.304 e. The molecule has 1 unspecified atom stereocenters. The Morgan fingerprint density at radius 1 is 0.930 bits per heavy atom. The first-order valence-corrected chi connectivity index (χ1v) is 16.6. The lowest BCUT2D eigenvalue weighted by Gasteiger charge is -2.35. The van der Waals surface area contributed by atoms with Crippen molar-refractivity contribution in [2.24, 2.45) is 0 Å². The van der Waals surface area contributed by atoms with Gasteiger partial charge in [-0.1, -0.05) is 77.7 Å². The molecule has 0 aliphatic heterocycles. The standard InChI is InChI=1S/C32H38BrFN4O4S/c1-36(2)43(41,42)38(29-18-16-27(34)17-19-29)23-31(39)37(22-25-12-9-13-26(33)20-25)30(21-24-10-5-3-6-11-24)32(40)35-28-14-7-4-8-15-28/h3,5-6,9-13,16-20,28,30H,4,7-8,14-15,21-23H2,1-2H3,(H,35,40). The summed E-state index contributed by atoms with van der Waals surface area (Å²) in [5.41, 5.74) is 1.78. The summed E-state index contributed by atoms with van der Waals surface area (Å²) in [6.07, 6.45) is 5.20. The number of nitrogens with one attached hydrogen (secondary N) is 1. The molecular formula is C32H38BrFN4O4S. The number of rotatable bonds is 12. The molecule has 1 atom stereocenters. The topological polar surface area (TPSA) is 90.0 Å². The number of hydrogen-bond donors (Lipinski definition) is 1. The smallest absolute Gasteiger partial charge is 0.304 e. The second kappa shape index (κ2) is 14.9. The maximum atomic E-state index is 14.3. The van der Waals surface area contributed by atoms with Crippen LogP contribution in [0.2, 0.25) is 0 Å². The molecule has 1 N–H and O–H groups in total. The molecule has 0 spiro atoms. The van der Waals surface area contributed by atoms with Gasteiger partial charge in [0.2, 0.25) is 11.8 Å². The van der Waals surface area contributed by atoms with Crippen LogP contribution >= 0.6 is 15.9 Å². The van der Waals surface area contributed by atoms with E-state index in [4.69, 9.17) is 0 Å². The van der Waals surface area contributed by atoms with Crippen LogP contribution < -0.4 is 9.62 Å². The van der Waals surface area contributed by atoms with E-state index in [2.05, 4.69) is 21.2 Å². The number of carbonyl (C=O) groups excluding carboxylic acids is 2. The van der Waals surface area contributed by atoms with Crippen molar-refractivity contribution in [1.82, 2.24) is 14.5 Å². The number of carbonyl (C=O) groups is 2. The minimum Gasteiger partial charge on any atom is -0.352 e. The minimum absolute atomic E-state index is 0.0205. The van der Waals surface area contributed by atoms with E-state index in [1.54, 1.807) is 0 Å². The van der Waals surface area contributed by atoms with Gasteiger partial charge in [-0.25, -0.2) is 8.70 Å². The average Bonchev–Trinajstić information content (AvgIpc) is 2.99. The summed E-state index contributed by atoms with van der Waals surface area (Å²) in [6.45, 7) is -0.505. The Morgan fingerprint density at radius 3 is 2.21 bits per heavy atom. The molecular weight excluding hydrogens is 635 g/mol. The molecule has 1 aliphatic rings. The van der Waals surface area contributed by atoms with Gasteiger partial charge in [-0.2, -0.15) is 12.7 Å². The number of halogens is 2. The van der Waals surface area contributed by atoms with Crippen molar-refractivity contribution in [1.29, 1.82) is 0 Å². The van der Waals surface area contributed by atoms with E-state index in [1.807, 2.05) is 54.6 Å². The highest BCUT2D eigenvalue weighted by Gasteiger charge is 2.35. The van der Waals surface area contributed by atoms with Crippen molar-refractivity contribution in [2.75, 3.05) is 24.9 Å². The molecule has 8 nitrogen and oxygen atoms in total. The molecule has 2 amide bonds. The molecule has 43 heavy (non-hydrogen) atoms. The van der Waals surface area contributed by atoms with Crippen LogP contribution in [0.15, 0.2) is 83.3 Å². The van der Waals surface area contributed by atoms with Crippen molar-refractivity contribution in [2.45, 2.75) is 57.2 Å². The molecule has 230 valence electrons. The predicted molar refractivity (Wildman–Crippen MR) is 170 cm³/mol. The maximum absolute atomic E-state index is 14.3. The molecule has 0 heterocycles. The van der Waals surface area contributed by atoms with Gasteiger partial charge in [0.1, 0.15) is 18.4 Å². The molecule has 0 aromatic heterocycles. The molecule has 1 fully saturated rings. The largest absolute Gasteiger partial charge is 0.352 e. The normalized spacial score (nSPS) is 14.7. The second-order valence-corrected chi connectivity index (χ2v) is 14.0. The van der Waals surface area contributed by atoms with Crippen molar-refractivity contribution in [3.8, 4) is 0 Å². The summed E-state index contributed by atoms with van der Waals surface area (Å²) in [6, 6.07) is 20.9. The minimum atomic E-state index is -4.15. The van der Waals surface area contributed by atoms with Crippen molar-refractivity contribution in [3.05, 3.63) is 100 Å². The van der Waals surface area contributed by atoms with Crippen LogP contribution in [0.1, 0.15) is 43.2 Å². The van der Waals surface area contributed by atoms with Gasteiger partial charge in [-0.3, -0.25) is 9.59 Å². The van der Waals surface area contributed by atoms with Crippen LogP contribution in [0.4, 0.5) is 10.1 Å². The van der Waals surface area contributed by atoms with Crippen molar-refractivity contribution >= 4 is 43.6 Å². The first kappa shape index (κ1) is 32.6.